The lowest BCUT2D eigenvalue weighted by Gasteiger charge is -2.33. The number of hydrogen-bond acceptors (Lipinski definition) is 4. The second-order valence-electron chi connectivity index (χ2n) is 6.88. The minimum Gasteiger partial charge on any atom is -0.392 e. The molecule has 0 aliphatic rings. The van der Waals surface area contributed by atoms with E-state index in [1.54, 1.807) is 29.2 Å². The summed E-state index contributed by atoms with van der Waals surface area (Å²) in [5.74, 6) is 0.134. The molecule has 1 aromatic carbocycles. The third-order valence-electron chi connectivity index (χ3n) is 3.95. The van der Waals surface area contributed by atoms with E-state index in [1.165, 1.54) is 0 Å². The maximum absolute atomic E-state index is 12.0. The first-order valence-electron chi connectivity index (χ1n) is 7.99. The molecule has 1 heterocycles. The summed E-state index contributed by atoms with van der Waals surface area (Å²) in [6.45, 7) is 8.18. The van der Waals surface area contributed by atoms with Gasteiger partial charge in [0.25, 0.3) is 0 Å². The van der Waals surface area contributed by atoms with Crippen molar-refractivity contribution in [2.75, 3.05) is 11.9 Å². The lowest BCUT2D eigenvalue weighted by Crippen LogP contribution is -2.44. The normalized spacial score (nSPS) is 12.9. The van der Waals surface area contributed by atoms with Crippen molar-refractivity contribution in [2.24, 2.45) is 11.3 Å². The highest BCUT2D eigenvalue weighted by Crippen LogP contribution is 2.25. The monoisotopic (exact) mass is 331 g/mol. The van der Waals surface area contributed by atoms with Crippen LogP contribution < -0.4 is 10.6 Å². The van der Waals surface area contributed by atoms with E-state index >= 15 is 0 Å². The highest BCUT2D eigenvalue weighted by Gasteiger charge is 2.30. The Morgan fingerprint density at radius 3 is 2.50 bits per heavy atom. The number of nitrogens with zero attached hydrogens (tertiary/aromatic N) is 3. The van der Waals surface area contributed by atoms with Gasteiger partial charge >= 0.3 is 6.03 Å². The van der Waals surface area contributed by atoms with Gasteiger partial charge in [0, 0.05) is 17.6 Å². The number of carbonyl (C=O) groups is 1. The molecule has 0 aliphatic carbocycles. The van der Waals surface area contributed by atoms with Crippen LogP contribution in [0, 0.1) is 11.3 Å². The molecule has 130 valence electrons. The van der Waals surface area contributed by atoms with Gasteiger partial charge in [-0.1, -0.05) is 32.9 Å². The maximum atomic E-state index is 12.0. The Labute approximate surface area is 142 Å². The number of anilines is 1. The van der Waals surface area contributed by atoms with Gasteiger partial charge in [0.1, 0.15) is 0 Å². The zero-order valence-corrected chi connectivity index (χ0v) is 14.5. The molecule has 24 heavy (non-hydrogen) atoms. The molecule has 2 rings (SSSR count). The van der Waals surface area contributed by atoms with E-state index in [0.717, 1.165) is 5.69 Å². The Morgan fingerprint density at radius 1 is 1.29 bits per heavy atom. The molecule has 7 heteroatoms. The van der Waals surface area contributed by atoms with Crippen molar-refractivity contribution in [3.63, 3.8) is 0 Å². The van der Waals surface area contributed by atoms with E-state index in [-0.39, 0.29) is 11.9 Å². The number of urea groups is 1. The topological polar surface area (TPSA) is 92.1 Å². The van der Waals surface area contributed by atoms with E-state index in [4.69, 9.17) is 0 Å². The van der Waals surface area contributed by atoms with Gasteiger partial charge in [-0.05, 0) is 30.2 Å². The number of rotatable bonds is 6. The van der Waals surface area contributed by atoms with Crippen LogP contribution in [0.2, 0.25) is 0 Å². The van der Waals surface area contributed by atoms with E-state index in [0.29, 0.717) is 12.2 Å². The van der Waals surface area contributed by atoms with Crippen molar-refractivity contribution >= 4 is 11.7 Å². The van der Waals surface area contributed by atoms with Gasteiger partial charge in [0.05, 0.1) is 24.2 Å². The zero-order chi connectivity index (χ0) is 17.7. The SMILES string of the molecule is CC(C)C(O)C(C)(C)CNC(=O)Nc1ccc(-n2ccnn2)cc1. The predicted octanol–water partition coefficient (Wildman–Crippen LogP) is 2.43. The van der Waals surface area contributed by atoms with Crippen molar-refractivity contribution in [3.8, 4) is 5.69 Å². The van der Waals surface area contributed by atoms with E-state index < -0.39 is 11.5 Å². The molecule has 0 spiro atoms. The van der Waals surface area contributed by atoms with Crippen LogP contribution in [0.15, 0.2) is 36.7 Å². The minimum absolute atomic E-state index is 0.134. The van der Waals surface area contributed by atoms with Gasteiger partial charge in [-0.25, -0.2) is 9.48 Å². The van der Waals surface area contributed by atoms with Crippen LogP contribution in [0.1, 0.15) is 27.7 Å². The van der Waals surface area contributed by atoms with Crippen molar-refractivity contribution in [2.45, 2.75) is 33.8 Å². The molecule has 2 aromatic rings. The Morgan fingerprint density at radius 2 is 1.96 bits per heavy atom. The average Bonchev–Trinajstić information content (AvgIpc) is 3.07. The number of aromatic nitrogens is 3. The Bertz CT molecular complexity index is 650. The summed E-state index contributed by atoms with van der Waals surface area (Å²) >= 11 is 0. The summed E-state index contributed by atoms with van der Waals surface area (Å²) < 4.78 is 1.64. The number of carbonyl (C=O) groups excluding carboxylic acids is 1. The van der Waals surface area contributed by atoms with Gasteiger partial charge in [-0.15, -0.1) is 5.10 Å². The van der Waals surface area contributed by atoms with Gasteiger partial charge in [-0.3, -0.25) is 0 Å². The molecule has 0 aliphatic heterocycles. The maximum Gasteiger partial charge on any atom is 0.319 e. The fourth-order valence-electron chi connectivity index (χ4n) is 2.53. The summed E-state index contributed by atoms with van der Waals surface area (Å²) in [5.41, 5.74) is 1.14. The smallest absolute Gasteiger partial charge is 0.319 e. The summed E-state index contributed by atoms with van der Waals surface area (Å²) in [6.07, 6.45) is 2.87. The predicted molar refractivity (Wildman–Crippen MR) is 93.0 cm³/mol. The van der Waals surface area contributed by atoms with E-state index in [9.17, 15) is 9.90 Å². The molecule has 1 aromatic heterocycles. The largest absolute Gasteiger partial charge is 0.392 e. The molecule has 0 saturated carbocycles. The Kier molecular flexibility index (Phi) is 5.56. The summed E-state index contributed by atoms with van der Waals surface area (Å²) in [6, 6.07) is 6.98. The number of aliphatic hydroxyl groups is 1. The lowest BCUT2D eigenvalue weighted by molar-refractivity contribution is 0.0154. The highest BCUT2D eigenvalue weighted by atomic mass is 16.3. The molecule has 0 saturated heterocycles. The van der Waals surface area contributed by atoms with Crippen molar-refractivity contribution in [1.29, 1.82) is 0 Å². The van der Waals surface area contributed by atoms with Crippen LogP contribution in [0.25, 0.3) is 5.69 Å². The minimum atomic E-state index is -0.486. The highest BCUT2D eigenvalue weighted by molar-refractivity contribution is 5.89. The van der Waals surface area contributed by atoms with Crippen LogP contribution in [0.5, 0.6) is 0 Å². The van der Waals surface area contributed by atoms with Gasteiger partial charge < -0.3 is 15.7 Å². The molecule has 2 amide bonds. The summed E-state index contributed by atoms with van der Waals surface area (Å²) in [4.78, 5) is 12.0. The molecule has 7 nitrogen and oxygen atoms in total. The van der Waals surface area contributed by atoms with E-state index in [2.05, 4.69) is 20.9 Å². The first-order chi connectivity index (χ1) is 11.3. The molecule has 3 N–H and O–H groups in total. The molecule has 0 radical (unpaired) electrons. The van der Waals surface area contributed by atoms with Crippen molar-refractivity contribution in [1.82, 2.24) is 20.3 Å². The Hall–Kier alpha value is -2.41. The third kappa shape index (κ3) is 4.55. The fourth-order valence-corrected chi connectivity index (χ4v) is 2.53. The van der Waals surface area contributed by atoms with Crippen LogP contribution in [-0.4, -0.2) is 38.8 Å². The number of aliphatic hydroxyl groups excluding tert-OH is 1. The Balaban J connectivity index is 1.88. The first kappa shape index (κ1) is 17.9. The third-order valence-corrected chi connectivity index (χ3v) is 3.95. The molecule has 1 atom stereocenters. The fraction of sp³-hybridized carbons (Fsp3) is 0.471. The number of nitrogens with one attached hydrogen (secondary N) is 2. The van der Waals surface area contributed by atoms with Gasteiger partial charge in [-0.2, -0.15) is 0 Å². The standard InChI is InChI=1S/C17H25N5O2/c1-12(2)15(23)17(3,4)11-18-16(24)20-13-5-7-14(8-6-13)22-10-9-19-21-22/h5-10,12,15,23H,11H2,1-4H3,(H2,18,20,24). The van der Waals surface area contributed by atoms with Crippen LogP contribution in [-0.2, 0) is 0 Å². The van der Waals surface area contributed by atoms with E-state index in [1.807, 2.05) is 39.8 Å². The number of benzene rings is 1. The summed E-state index contributed by atoms with van der Waals surface area (Å²) in [5, 5.41) is 23.4. The molecule has 0 bridgehead atoms. The summed E-state index contributed by atoms with van der Waals surface area (Å²) in [7, 11) is 0. The van der Waals surface area contributed by atoms with Crippen LogP contribution in [0.3, 0.4) is 0 Å². The zero-order valence-electron chi connectivity index (χ0n) is 14.5. The number of amides is 2. The lowest BCUT2D eigenvalue weighted by atomic mass is 9.81. The average molecular weight is 331 g/mol. The van der Waals surface area contributed by atoms with Gasteiger partial charge in [0.15, 0.2) is 0 Å². The molecule has 0 fully saturated rings. The quantitative estimate of drug-likeness (QED) is 0.758. The van der Waals surface area contributed by atoms with Gasteiger partial charge in [0.2, 0.25) is 0 Å². The number of hydrogen-bond donors (Lipinski definition) is 3. The van der Waals surface area contributed by atoms with Crippen LogP contribution in [0.4, 0.5) is 10.5 Å². The van der Waals surface area contributed by atoms with Crippen LogP contribution >= 0.6 is 0 Å². The second-order valence-corrected chi connectivity index (χ2v) is 6.88. The van der Waals surface area contributed by atoms with Crippen molar-refractivity contribution in [3.05, 3.63) is 36.7 Å². The molecule has 1 unspecified atom stereocenters. The molecular weight excluding hydrogens is 306 g/mol. The van der Waals surface area contributed by atoms with Crippen molar-refractivity contribution < 1.29 is 9.90 Å². The first-order valence-corrected chi connectivity index (χ1v) is 7.99. The molecular formula is C17H25N5O2. The second kappa shape index (κ2) is 7.44.